The van der Waals surface area contributed by atoms with Crippen molar-refractivity contribution in [2.24, 2.45) is 0 Å². The van der Waals surface area contributed by atoms with E-state index in [2.05, 4.69) is 0 Å². The number of hydrogen-bond acceptors (Lipinski definition) is 2. The lowest BCUT2D eigenvalue weighted by atomic mass is 9.87. The van der Waals surface area contributed by atoms with Gasteiger partial charge in [0.05, 0.1) is 11.1 Å². The van der Waals surface area contributed by atoms with Crippen LogP contribution in [0.25, 0.3) is 22.3 Å². The van der Waals surface area contributed by atoms with E-state index < -0.39 is 103 Å². The molecule has 0 aliphatic rings. The van der Waals surface area contributed by atoms with Crippen molar-refractivity contribution in [3.63, 3.8) is 0 Å². The molecule has 0 heterocycles. The van der Waals surface area contributed by atoms with Gasteiger partial charge in [0.2, 0.25) is 11.6 Å². The van der Waals surface area contributed by atoms with E-state index in [0.717, 1.165) is 12.1 Å². The van der Waals surface area contributed by atoms with Crippen molar-refractivity contribution in [1.29, 1.82) is 10.5 Å². The van der Waals surface area contributed by atoms with Gasteiger partial charge in [0.1, 0.15) is 23.3 Å². The van der Waals surface area contributed by atoms with Gasteiger partial charge in [-0.05, 0) is 0 Å². The lowest BCUT2D eigenvalue weighted by Gasteiger charge is -2.18. The molecule has 2 nitrogen and oxygen atoms in total. The molecule has 3 aromatic carbocycles. The molecular weight excluding hydrogens is 496 g/mol. The van der Waals surface area contributed by atoms with E-state index in [-0.39, 0.29) is 0 Å². The van der Waals surface area contributed by atoms with E-state index in [1.54, 1.807) is 0 Å². The van der Waals surface area contributed by atoms with Crippen LogP contribution in [0.5, 0.6) is 0 Å². The van der Waals surface area contributed by atoms with E-state index >= 15 is 8.78 Å². The molecule has 14 heteroatoms. The summed E-state index contributed by atoms with van der Waals surface area (Å²) in [6, 6.07) is 1.69. The summed E-state index contributed by atoms with van der Waals surface area (Å²) >= 11 is 0. The quantitative estimate of drug-likeness (QED) is 0.233. The molecule has 174 valence electrons. The number of hydrogen-bond donors (Lipinski definition) is 0. The first-order chi connectivity index (χ1) is 15.8. The largest absolute Gasteiger partial charge is 0.205 e. The predicted molar refractivity (Wildman–Crippen MR) is 86.2 cm³/mol. The van der Waals surface area contributed by atoms with Crippen LogP contribution >= 0.6 is 0 Å². The topological polar surface area (TPSA) is 47.6 Å². The maximum absolute atomic E-state index is 15.1. The summed E-state index contributed by atoms with van der Waals surface area (Å²) in [6.45, 7) is 0. The molecule has 0 fully saturated rings. The molecule has 3 rings (SSSR count). The lowest BCUT2D eigenvalue weighted by molar-refractivity contribution is 0.379. The van der Waals surface area contributed by atoms with Gasteiger partial charge in [-0.3, -0.25) is 0 Å². The minimum absolute atomic E-state index is 0.845. The molecule has 0 saturated carbocycles. The first-order valence-corrected chi connectivity index (χ1v) is 8.22. The Kier molecular flexibility index (Phi) is 5.96. The average Bonchev–Trinajstić information content (AvgIpc) is 2.81. The summed E-state index contributed by atoms with van der Waals surface area (Å²) in [5, 5.41) is 18.0. The Bertz CT molecular complexity index is 1330. The molecule has 34 heavy (non-hydrogen) atoms. The summed E-state index contributed by atoms with van der Waals surface area (Å²) in [4.78, 5) is 0. The maximum atomic E-state index is 15.1. The first-order valence-electron chi connectivity index (χ1n) is 8.22. The molecule has 0 atom stereocenters. The molecular formula is C20F12N2. The second kappa shape index (κ2) is 8.30. The number of nitriles is 2. The van der Waals surface area contributed by atoms with Crippen molar-refractivity contribution in [2.45, 2.75) is 0 Å². The van der Waals surface area contributed by atoms with Crippen molar-refractivity contribution in [3.8, 4) is 34.4 Å². The summed E-state index contributed by atoms with van der Waals surface area (Å²) < 4.78 is 169. The standard InChI is InChI=1S/C20F12N2/c21-9-3(1-33)4(2-34)10(22)6(8-13(25)17(29)20(32)18(30)14(8)26)5(9)7-11(23)15(27)19(31)16(28)12(7)24. The normalized spacial score (nSPS) is 10.9. The SMILES string of the molecule is N#Cc1c(F)c(-c2c(F)c(F)c(F)c(F)c2F)c(-c2c(F)c(F)c(F)c(F)c2F)c(F)c1C#N. The Morgan fingerprint density at radius 2 is 0.500 bits per heavy atom. The highest BCUT2D eigenvalue weighted by Gasteiger charge is 2.38. The Balaban J connectivity index is 2.77. The minimum Gasteiger partial charge on any atom is -0.205 e. The molecule has 0 saturated heterocycles. The van der Waals surface area contributed by atoms with E-state index in [1.807, 2.05) is 0 Å². The first kappa shape index (κ1) is 24.4. The van der Waals surface area contributed by atoms with E-state index in [1.165, 1.54) is 0 Å². The van der Waals surface area contributed by atoms with Crippen LogP contribution in [0.15, 0.2) is 0 Å². The number of benzene rings is 3. The van der Waals surface area contributed by atoms with Gasteiger partial charge in [-0.1, -0.05) is 0 Å². The molecule has 0 bridgehead atoms. The van der Waals surface area contributed by atoms with Crippen LogP contribution in [-0.2, 0) is 0 Å². The fraction of sp³-hybridized carbons (Fsp3) is 0. The number of nitrogens with zero attached hydrogens (tertiary/aromatic N) is 2. The van der Waals surface area contributed by atoms with Crippen LogP contribution in [0.4, 0.5) is 52.7 Å². The Labute approximate surface area is 179 Å². The molecule has 3 aromatic rings. The molecule has 0 radical (unpaired) electrons. The second-order valence-corrected chi connectivity index (χ2v) is 6.24. The van der Waals surface area contributed by atoms with Crippen molar-refractivity contribution >= 4 is 0 Å². The minimum atomic E-state index is -2.85. The molecule has 0 aromatic heterocycles. The van der Waals surface area contributed by atoms with Crippen molar-refractivity contribution in [2.75, 3.05) is 0 Å². The summed E-state index contributed by atoms with van der Waals surface area (Å²) in [6.07, 6.45) is 0. The van der Waals surface area contributed by atoms with Gasteiger partial charge in [-0.15, -0.1) is 0 Å². The third kappa shape index (κ3) is 3.14. The number of rotatable bonds is 2. The highest BCUT2D eigenvalue weighted by atomic mass is 19.2. The van der Waals surface area contributed by atoms with Gasteiger partial charge in [-0.25, -0.2) is 52.7 Å². The Morgan fingerprint density at radius 3 is 0.706 bits per heavy atom. The molecule has 0 aliphatic heterocycles. The van der Waals surface area contributed by atoms with E-state index in [9.17, 15) is 43.9 Å². The average molecular weight is 496 g/mol. The van der Waals surface area contributed by atoms with Crippen LogP contribution in [0.2, 0.25) is 0 Å². The van der Waals surface area contributed by atoms with Gasteiger partial charge in [-0.2, -0.15) is 10.5 Å². The zero-order valence-corrected chi connectivity index (χ0v) is 15.4. The van der Waals surface area contributed by atoms with Crippen molar-refractivity contribution in [3.05, 3.63) is 80.9 Å². The molecule has 0 amide bonds. The van der Waals surface area contributed by atoms with Crippen LogP contribution in [0.1, 0.15) is 11.1 Å². The van der Waals surface area contributed by atoms with Crippen LogP contribution in [0.3, 0.4) is 0 Å². The number of halogens is 12. The van der Waals surface area contributed by atoms with Crippen LogP contribution in [-0.4, -0.2) is 0 Å². The molecule has 0 N–H and O–H groups in total. The van der Waals surface area contributed by atoms with Gasteiger partial charge < -0.3 is 0 Å². The van der Waals surface area contributed by atoms with Gasteiger partial charge in [0.15, 0.2) is 58.2 Å². The summed E-state index contributed by atoms with van der Waals surface area (Å²) in [5.41, 5.74) is -12.8. The second-order valence-electron chi connectivity index (χ2n) is 6.24. The highest BCUT2D eigenvalue weighted by molar-refractivity contribution is 5.88. The van der Waals surface area contributed by atoms with Gasteiger partial charge >= 0.3 is 0 Å². The Morgan fingerprint density at radius 1 is 0.294 bits per heavy atom. The molecule has 0 spiro atoms. The zero-order valence-electron chi connectivity index (χ0n) is 15.4. The predicted octanol–water partition coefficient (Wildman–Crippen LogP) is 6.43. The summed E-state index contributed by atoms with van der Waals surface area (Å²) in [5.74, 6) is -33.2. The third-order valence-electron chi connectivity index (χ3n) is 4.52. The van der Waals surface area contributed by atoms with E-state index in [4.69, 9.17) is 10.5 Å². The zero-order chi connectivity index (χ0) is 25.8. The van der Waals surface area contributed by atoms with Crippen molar-refractivity contribution in [1.82, 2.24) is 0 Å². The maximum Gasteiger partial charge on any atom is 0.200 e. The highest BCUT2D eigenvalue weighted by Crippen LogP contribution is 2.45. The summed E-state index contributed by atoms with van der Waals surface area (Å²) in [7, 11) is 0. The third-order valence-corrected chi connectivity index (χ3v) is 4.52. The van der Waals surface area contributed by atoms with Crippen molar-refractivity contribution < 1.29 is 52.7 Å². The van der Waals surface area contributed by atoms with Crippen LogP contribution < -0.4 is 0 Å². The fourth-order valence-electron chi connectivity index (χ4n) is 3.02. The van der Waals surface area contributed by atoms with Crippen LogP contribution in [0, 0.1) is 92.5 Å². The fourth-order valence-corrected chi connectivity index (χ4v) is 3.02. The molecule has 0 unspecified atom stereocenters. The lowest BCUT2D eigenvalue weighted by Crippen LogP contribution is -2.12. The monoisotopic (exact) mass is 496 g/mol. The van der Waals surface area contributed by atoms with E-state index in [0.29, 0.717) is 0 Å². The molecule has 0 aliphatic carbocycles. The smallest absolute Gasteiger partial charge is 0.200 e. The van der Waals surface area contributed by atoms with Gasteiger partial charge in [0.25, 0.3) is 0 Å². The Hall–Kier alpha value is -4.20. The van der Waals surface area contributed by atoms with Gasteiger partial charge in [0, 0.05) is 11.1 Å².